The third-order valence-corrected chi connectivity index (χ3v) is 2.43. The van der Waals surface area contributed by atoms with Crippen LogP contribution >= 0.6 is 15.9 Å². The van der Waals surface area contributed by atoms with Gasteiger partial charge in [0.1, 0.15) is 18.2 Å². The van der Waals surface area contributed by atoms with E-state index in [1.165, 1.54) is 12.1 Å². The van der Waals surface area contributed by atoms with Gasteiger partial charge in [-0.3, -0.25) is 0 Å². The first-order valence-corrected chi connectivity index (χ1v) is 5.68. The lowest BCUT2D eigenvalue weighted by Gasteiger charge is -2.08. The molecule has 1 rings (SSSR count). The molecule has 1 aromatic rings. The van der Waals surface area contributed by atoms with Gasteiger partial charge >= 0.3 is 0 Å². The first kappa shape index (κ1) is 13.4. The van der Waals surface area contributed by atoms with Crippen LogP contribution in [0.2, 0.25) is 0 Å². The number of ether oxygens (including phenoxy) is 3. The number of methoxy groups -OCH3 is 1. The summed E-state index contributed by atoms with van der Waals surface area (Å²) in [6, 6.07) is 4.29. The van der Waals surface area contributed by atoms with Crippen molar-refractivity contribution in [1.82, 2.24) is 0 Å². The van der Waals surface area contributed by atoms with Crippen molar-refractivity contribution in [2.75, 3.05) is 33.5 Å². The quantitative estimate of drug-likeness (QED) is 0.723. The van der Waals surface area contributed by atoms with E-state index < -0.39 is 0 Å². The molecule has 0 atom stereocenters. The molecule has 0 N–H and O–H groups in total. The third kappa shape index (κ3) is 4.92. The molecular formula is C11H14BrFO3. The Morgan fingerprint density at radius 3 is 2.62 bits per heavy atom. The van der Waals surface area contributed by atoms with Crippen LogP contribution in [0.25, 0.3) is 0 Å². The normalized spacial score (nSPS) is 10.4. The summed E-state index contributed by atoms with van der Waals surface area (Å²) in [5.41, 5.74) is 0. The van der Waals surface area contributed by atoms with Crippen molar-refractivity contribution < 1.29 is 18.6 Å². The minimum Gasteiger partial charge on any atom is -0.490 e. The van der Waals surface area contributed by atoms with Crippen molar-refractivity contribution in [2.45, 2.75) is 0 Å². The van der Waals surface area contributed by atoms with E-state index in [0.29, 0.717) is 36.6 Å². The van der Waals surface area contributed by atoms with Crippen LogP contribution in [-0.4, -0.2) is 33.5 Å². The lowest BCUT2D eigenvalue weighted by Crippen LogP contribution is -2.10. The zero-order valence-electron chi connectivity index (χ0n) is 9.04. The molecule has 90 valence electrons. The van der Waals surface area contributed by atoms with Gasteiger partial charge in [0.15, 0.2) is 0 Å². The van der Waals surface area contributed by atoms with Gasteiger partial charge in [-0.1, -0.05) is 0 Å². The Morgan fingerprint density at radius 1 is 1.19 bits per heavy atom. The van der Waals surface area contributed by atoms with Crippen LogP contribution in [0, 0.1) is 5.82 Å². The number of hydrogen-bond acceptors (Lipinski definition) is 3. The molecule has 0 saturated heterocycles. The van der Waals surface area contributed by atoms with E-state index in [0.717, 1.165) is 0 Å². The Balaban J connectivity index is 2.21. The number of benzene rings is 1. The first-order valence-electron chi connectivity index (χ1n) is 4.88. The summed E-state index contributed by atoms with van der Waals surface area (Å²) in [6.07, 6.45) is 0. The highest BCUT2D eigenvalue weighted by atomic mass is 79.9. The predicted octanol–water partition coefficient (Wildman–Crippen LogP) is 2.63. The molecule has 0 aliphatic heterocycles. The Labute approximate surface area is 103 Å². The molecule has 0 aliphatic carbocycles. The Bertz CT molecular complexity index is 320. The van der Waals surface area contributed by atoms with Crippen LogP contribution in [-0.2, 0) is 9.47 Å². The molecule has 0 radical (unpaired) electrons. The molecule has 0 amide bonds. The molecule has 0 spiro atoms. The summed E-state index contributed by atoms with van der Waals surface area (Å²) in [5, 5.41) is 0. The molecule has 0 heterocycles. The van der Waals surface area contributed by atoms with Crippen molar-refractivity contribution in [2.24, 2.45) is 0 Å². The van der Waals surface area contributed by atoms with Gasteiger partial charge in [-0.2, -0.15) is 0 Å². The number of hydrogen-bond donors (Lipinski definition) is 0. The average Bonchev–Trinajstić information content (AvgIpc) is 2.26. The van der Waals surface area contributed by atoms with E-state index >= 15 is 0 Å². The van der Waals surface area contributed by atoms with Crippen LogP contribution < -0.4 is 4.74 Å². The third-order valence-electron chi connectivity index (χ3n) is 1.81. The molecule has 5 heteroatoms. The monoisotopic (exact) mass is 292 g/mol. The van der Waals surface area contributed by atoms with E-state index in [2.05, 4.69) is 15.9 Å². The summed E-state index contributed by atoms with van der Waals surface area (Å²) in [5.74, 6) is 0.312. The maximum Gasteiger partial charge on any atom is 0.133 e. The van der Waals surface area contributed by atoms with E-state index in [-0.39, 0.29) is 5.82 Å². The van der Waals surface area contributed by atoms with Crippen molar-refractivity contribution >= 4 is 15.9 Å². The predicted molar refractivity (Wildman–Crippen MR) is 62.3 cm³/mol. The number of rotatable bonds is 7. The molecule has 0 saturated carbocycles. The largest absolute Gasteiger partial charge is 0.490 e. The maximum atomic E-state index is 12.8. The number of halogens is 2. The van der Waals surface area contributed by atoms with Crippen LogP contribution in [0.1, 0.15) is 0 Å². The molecule has 1 aromatic carbocycles. The van der Waals surface area contributed by atoms with Crippen LogP contribution in [0.15, 0.2) is 22.7 Å². The highest BCUT2D eigenvalue weighted by Crippen LogP contribution is 2.25. The van der Waals surface area contributed by atoms with Gasteiger partial charge in [-0.05, 0) is 34.1 Å². The second-order valence-corrected chi connectivity index (χ2v) is 3.88. The van der Waals surface area contributed by atoms with Crippen LogP contribution in [0.5, 0.6) is 5.75 Å². The molecule has 0 aromatic heterocycles. The summed E-state index contributed by atoms with van der Waals surface area (Å²) in [4.78, 5) is 0. The molecule has 0 unspecified atom stereocenters. The Kier molecular flexibility index (Phi) is 6.37. The van der Waals surface area contributed by atoms with Crippen LogP contribution in [0.3, 0.4) is 0 Å². The van der Waals surface area contributed by atoms with E-state index in [4.69, 9.17) is 14.2 Å². The lowest BCUT2D eigenvalue weighted by atomic mass is 10.3. The molecule has 0 aliphatic rings. The smallest absolute Gasteiger partial charge is 0.133 e. The molecular weight excluding hydrogens is 279 g/mol. The minimum absolute atomic E-state index is 0.296. The Morgan fingerprint density at radius 2 is 1.94 bits per heavy atom. The van der Waals surface area contributed by atoms with Gasteiger partial charge in [-0.15, -0.1) is 0 Å². The standard InChI is InChI=1S/C11H14BrFO3/c1-14-4-5-15-6-7-16-11-3-2-9(13)8-10(11)12/h2-3,8H,4-7H2,1H3. The van der Waals surface area contributed by atoms with E-state index in [1.54, 1.807) is 13.2 Å². The van der Waals surface area contributed by atoms with Gasteiger partial charge in [0.05, 0.1) is 24.3 Å². The zero-order valence-corrected chi connectivity index (χ0v) is 10.6. The van der Waals surface area contributed by atoms with Gasteiger partial charge in [-0.25, -0.2) is 4.39 Å². The molecule has 0 bridgehead atoms. The van der Waals surface area contributed by atoms with Crippen molar-refractivity contribution in [3.05, 3.63) is 28.5 Å². The fourth-order valence-corrected chi connectivity index (χ4v) is 1.51. The van der Waals surface area contributed by atoms with E-state index in [9.17, 15) is 4.39 Å². The minimum atomic E-state index is -0.296. The van der Waals surface area contributed by atoms with Crippen molar-refractivity contribution in [3.63, 3.8) is 0 Å². The highest BCUT2D eigenvalue weighted by molar-refractivity contribution is 9.10. The summed E-state index contributed by atoms with van der Waals surface area (Å²) in [6.45, 7) is 2.02. The summed E-state index contributed by atoms with van der Waals surface area (Å²) in [7, 11) is 1.62. The zero-order chi connectivity index (χ0) is 11.8. The van der Waals surface area contributed by atoms with Gasteiger partial charge < -0.3 is 14.2 Å². The van der Waals surface area contributed by atoms with Gasteiger partial charge in [0.25, 0.3) is 0 Å². The Hall–Kier alpha value is -0.650. The fourth-order valence-electron chi connectivity index (χ4n) is 1.05. The fraction of sp³-hybridized carbons (Fsp3) is 0.455. The molecule has 16 heavy (non-hydrogen) atoms. The van der Waals surface area contributed by atoms with Crippen LogP contribution in [0.4, 0.5) is 4.39 Å². The SMILES string of the molecule is COCCOCCOc1ccc(F)cc1Br. The van der Waals surface area contributed by atoms with Gasteiger partial charge in [0, 0.05) is 7.11 Å². The van der Waals surface area contributed by atoms with Crippen molar-refractivity contribution in [1.29, 1.82) is 0 Å². The second-order valence-electron chi connectivity index (χ2n) is 3.03. The second kappa shape index (κ2) is 7.60. The summed E-state index contributed by atoms with van der Waals surface area (Å²) >= 11 is 3.22. The first-order chi connectivity index (χ1) is 7.74. The van der Waals surface area contributed by atoms with E-state index in [1.807, 2.05) is 0 Å². The average molecular weight is 293 g/mol. The van der Waals surface area contributed by atoms with Gasteiger partial charge in [0.2, 0.25) is 0 Å². The lowest BCUT2D eigenvalue weighted by molar-refractivity contribution is 0.0543. The molecule has 0 fully saturated rings. The topological polar surface area (TPSA) is 27.7 Å². The van der Waals surface area contributed by atoms with Crippen molar-refractivity contribution in [3.8, 4) is 5.75 Å². The molecule has 3 nitrogen and oxygen atoms in total. The summed E-state index contributed by atoms with van der Waals surface area (Å²) < 4.78 is 28.8. The maximum absolute atomic E-state index is 12.8. The highest BCUT2D eigenvalue weighted by Gasteiger charge is 2.01.